The van der Waals surface area contributed by atoms with Crippen LogP contribution in [0.1, 0.15) is 387 Å². The summed E-state index contributed by atoms with van der Waals surface area (Å²) in [6.45, 7) is 93.2. The lowest BCUT2D eigenvalue weighted by Gasteiger charge is -2.18. The van der Waals surface area contributed by atoms with Crippen LogP contribution in [0.4, 0.5) is 0 Å². The van der Waals surface area contributed by atoms with E-state index < -0.39 is 0 Å². The van der Waals surface area contributed by atoms with E-state index in [0.717, 1.165) is 54.8 Å². The van der Waals surface area contributed by atoms with E-state index in [2.05, 4.69) is 440 Å². The van der Waals surface area contributed by atoms with Crippen molar-refractivity contribution in [3.8, 4) is 0 Å². The number of amidine groups is 1. The molecule has 0 aromatic carbocycles. The molecule has 5 aliphatic rings. The third-order valence-electron chi connectivity index (χ3n) is 17.8. The summed E-state index contributed by atoms with van der Waals surface area (Å²) in [5, 5.41) is 14.0. The molecule has 2 aliphatic carbocycles. The Bertz CT molecular complexity index is 3750. The van der Waals surface area contributed by atoms with Crippen LogP contribution in [0.3, 0.4) is 0 Å². The van der Waals surface area contributed by atoms with Gasteiger partial charge in [-0.3, -0.25) is 20.0 Å². The van der Waals surface area contributed by atoms with Gasteiger partial charge in [0.1, 0.15) is 29.2 Å². The van der Waals surface area contributed by atoms with Gasteiger partial charge < -0.3 is 8.83 Å². The fourth-order valence-corrected chi connectivity index (χ4v) is 15.1. The zero-order valence-corrected chi connectivity index (χ0v) is 91.7. The first-order valence-corrected chi connectivity index (χ1v) is 50.1. The van der Waals surface area contributed by atoms with Gasteiger partial charge in [-0.05, 0) is 138 Å². The summed E-state index contributed by atoms with van der Waals surface area (Å²) in [6.07, 6.45) is 41.0. The maximum atomic E-state index is 5.20. The molecule has 0 fully saturated rings. The summed E-state index contributed by atoms with van der Waals surface area (Å²) in [4.78, 5) is 41.6. The Morgan fingerprint density at radius 3 is 1.05 bits per heavy atom. The lowest BCUT2D eigenvalue weighted by molar-refractivity contribution is 0.392. The minimum atomic E-state index is 0. The van der Waals surface area contributed by atoms with E-state index in [-0.39, 0.29) is 83.9 Å². The third kappa shape index (κ3) is 57.0. The molecule has 9 aromatic rings. The number of thiophene rings is 2. The molecule has 0 saturated carbocycles. The molecule has 0 bridgehead atoms. The summed E-state index contributed by atoms with van der Waals surface area (Å²) < 4.78 is 18.2. The third-order valence-corrected chi connectivity index (χ3v) is 25.6. The van der Waals surface area contributed by atoms with Gasteiger partial charge in [0, 0.05) is 124 Å². The quantitative estimate of drug-likeness (QED) is 0.144. The molecular weight excluding hydrogens is 1730 g/mol. The van der Waals surface area contributed by atoms with Gasteiger partial charge in [0.15, 0.2) is 5.89 Å². The molecule has 0 N–H and O–H groups in total. The highest BCUT2D eigenvalue weighted by Crippen LogP contribution is 2.34. The molecule has 0 atom stereocenters. The number of thiazole rings is 3. The number of aromatic nitrogens is 7. The number of oxazole rings is 1. The average Bonchev–Trinajstić information content (AvgIpc) is 1.92. The molecule has 20 heteroatoms. The number of hydrogen-bond acceptors (Lipinski definition) is 20. The van der Waals surface area contributed by atoms with Crippen molar-refractivity contribution >= 4 is 104 Å². The van der Waals surface area contributed by atoms with Crippen LogP contribution >= 0.6 is 79.7 Å². The maximum Gasteiger partial charge on any atom is 0.199 e. The second-order valence-corrected chi connectivity index (χ2v) is 51.3. The van der Waals surface area contributed by atoms with Crippen LogP contribution in [-0.2, 0) is 48.7 Å². The number of rotatable bonds is 0. The lowest BCUT2D eigenvalue weighted by Crippen LogP contribution is -2.16. The maximum absolute atomic E-state index is 5.20. The molecule has 0 radical (unpaired) electrons. The van der Waals surface area contributed by atoms with Gasteiger partial charge in [0.2, 0.25) is 0 Å². The molecule has 3 aliphatic heterocycles. The van der Waals surface area contributed by atoms with Gasteiger partial charge in [-0.25, -0.2) is 29.3 Å². The van der Waals surface area contributed by atoms with E-state index >= 15 is 0 Å². The second kappa shape index (κ2) is 58.4. The topological polar surface area (TPSA) is 166 Å². The summed E-state index contributed by atoms with van der Waals surface area (Å²) in [7, 11) is 0. The van der Waals surface area contributed by atoms with Crippen LogP contribution in [-0.4, -0.2) is 70.7 Å². The van der Waals surface area contributed by atoms with Crippen molar-refractivity contribution in [1.29, 1.82) is 0 Å². The Hall–Kier alpha value is -6.91. The average molecular weight is 1920 g/mol. The zero-order chi connectivity index (χ0) is 96.7. The first kappa shape index (κ1) is 129. The van der Waals surface area contributed by atoms with Crippen molar-refractivity contribution in [2.75, 3.05) is 13.1 Å². The molecular formula is C110H183N11O2S7. The second-order valence-electron chi connectivity index (χ2n) is 45.3. The Kier molecular flexibility index (Phi) is 58.1. The summed E-state index contributed by atoms with van der Waals surface area (Å²) in [5.41, 5.74) is 12.1. The fraction of sp³-hybridized carbons (Fsp3) is 0.591. The van der Waals surface area contributed by atoms with Gasteiger partial charge in [0.25, 0.3) is 0 Å². The highest BCUT2D eigenvalue weighted by atomic mass is 32.1. The van der Waals surface area contributed by atoms with E-state index in [4.69, 9.17) is 8.83 Å². The van der Waals surface area contributed by atoms with Gasteiger partial charge in [-0.15, -0.1) is 45.3 Å². The van der Waals surface area contributed by atoms with Crippen LogP contribution in [0.15, 0.2) is 219 Å². The Morgan fingerprint density at radius 1 is 0.338 bits per heavy atom. The number of hydrogen-bond donors (Lipinski definition) is 0. The van der Waals surface area contributed by atoms with Crippen molar-refractivity contribution in [2.24, 2.45) is 47.0 Å². The van der Waals surface area contributed by atoms with E-state index in [1.54, 1.807) is 81.9 Å². The standard InChI is InChI=1S/2C9H14.2C8H13N.C8H12O.2C8H12S.C7H12N2.C7H11NO.4C7H11NS.C6H10N2S.4CH4/c2*1-9(2,3)8-6-4-5-7-8;3*1-8(2,3)7-5-4-6-9-7;1-8(2,3)7-4-5-9-6-7;1-8(2,3)7-5-4-6-9-7;2*1-7(2,3)6-8-4-5-9-6;1-7(2,3)6-4-8-5-9-6;2*1-7(2,3)6-8-4-5-9-6;1-7(2,3)6-4-5-8-9-6;1-6(2,3)5-7-4-8-9-5;;;;/h2*4,6-7H,5H2,1-3H3;5-6H,4H2,1-3H3;4-5H,6H2,1-3H3;3*4-6H,1-3H3;4H,5H2,1-3H3;5*4-5H,1-3H3;4H,1-3H3;4*1H4. The highest BCUT2D eigenvalue weighted by molar-refractivity contribution is 7.10. The molecule has 9 aromatic heterocycles. The summed E-state index contributed by atoms with van der Waals surface area (Å²) in [5.74, 6) is 2.81. The fourth-order valence-electron chi connectivity index (χ4n) is 10.1. The van der Waals surface area contributed by atoms with Crippen molar-refractivity contribution in [3.05, 3.63) is 237 Å². The van der Waals surface area contributed by atoms with Crippen molar-refractivity contribution < 1.29 is 8.83 Å². The molecule has 14 rings (SSSR count). The number of aliphatic imine (C=N–C) groups is 4. The van der Waals surface area contributed by atoms with Crippen molar-refractivity contribution in [2.45, 2.75) is 389 Å². The predicted octanol–water partition coefficient (Wildman–Crippen LogP) is 36.6. The molecule has 12 heterocycles. The smallest absolute Gasteiger partial charge is 0.199 e. The number of furan rings is 1. The van der Waals surface area contributed by atoms with Crippen LogP contribution < -0.4 is 0 Å². The van der Waals surface area contributed by atoms with Crippen LogP contribution in [0.25, 0.3) is 0 Å². The zero-order valence-electron chi connectivity index (χ0n) is 86.0. The Balaban J connectivity index is -0.000000656. The molecule has 0 unspecified atom stereocenters. The first-order chi connectivity index (χ1) is 57.5. The predicted molar refractivity (Wildman–Crippen MR) is 592 cm³/mol. The molecule has 0 spiro atoms. The summed E-state index contributed by atoms with van der Waals surface area (Å²) in [6, 6.07) is 12.5. The van der Waals surface area contributed by atoms with E-state index in [1.807, 2.05) is 77.0 Å². The molecule has 732 valence electrons. The van der Waals surface area contributed by atoms with E-state index in [9.17, 15) is 0 Å². The largest absolute Gasteiger partial charge is 0.469 e. The number of allylic oxidation sites excluding steroid dienone is 11. The van der Waals surface area contributed by atoms with Crippen molar-refractivity contribution in [1.82, 2.24) is 33.7 Å². The Morgan fingerprint density at radius 2 is 0.869 bits per heavy atom. The van der Waals surface area contributed by atoms with Gasteiger partial charge in [-0.1, -0.05) is 375 Å². The monoisotopic (exact) mass is 1910 g/mol. The normalized spacial score (nSPS) is 13.8. The minimum absolute atomic E-state index is 0. The van der Waals surface area contributed by atoms with Gasteiger partial charge in [0.05, 0.1) is 41.1 Å². The van der Waals surface area contributed by atoms with E-state index in [1.165, 1.54) is 64.3 Å². The Labute approximate surface area is 825 Å². The van der Waals surface area contributed by atoms with Crippen LogP contribution in [0, 0.1) is 27.1 Å². The molecule has 0 saturated heterocycles. The molecule has 0 amide bonds. The highest BCUT2D eigenvalue weighted by Gasteiger charge is 2.25. The SMILES string of the molecule is C.C.C.C.CC(C)(C)C1=CCC=C1.CC(C)(C)C1=CCC=C1.CC(C)(C)C1=CCC=N1.CC(C)(C)C1=NCC=C1.CC(C)(C)C1=NCC=N1.CC(C)(C)c1ccco1.CC(C)(C)c1cccs1.CC(C)(C)c1ccns1.CC(C)(C)c1ccsc1.CC(C)(C)c1cncs1.CC(C)(C)c1ncco1.CC(C)(C)c1nccs1.CC(C)(C)c1nccs1.CC(C)(C)c1ncns1. The van der Waals surface area contributed by atoms with Crippen molar-refractivity contribution in [3.63, 3.8) is 0 Å². The summed E-state index contributed by atoms with van der Waals surface area (Å²) >= 11 is 11.8. The molecule has 13 nitrogen and oxygen atoms in total. The minimum Gasteiger partial charge on any atom is -0.469 e. The van der Waals surface area contributed by atoms with Crippen LogP contribution in [0.2, 0.25) is 0 Å². The number of nitrogens with zero attached hydrogens (tertiary/aromatic N) is 11. The first-order valence-electron chi connectivity index (χ1n) is 44.1. The van der Waals surface area contributed by atoms with Gasteiger partial charge in [-0.2, -0.15) is 15.7 Å². The van der Waals surface area contributed by atoms with Gasteiger partial charge >= 0.3 is 0 Å². The van der Waals surface area contributed by atoms with Crippen LogP contribution in [0.5, 0.6) is 0 Å². The van der Waals surface area contributed by atoms with E-state index in [0.29, 0.717) is 21.7 Å². The molecule has 130 heavy (non-hydrogen) atoms. The lowest BCUT2D eigenvalue weighted by atomic mass is 9.87.